The van der Waals surface area contributed by atoms with E-state index in [0.29, 0.717) is 11.3 Å². The van der Waals surface area contributed by atoms with E-state index in [1.807, 2.05) is 32.9 Å². The average Bonchev–Trinajstić information content (AvgIpc) is 2.29. The van der Waals surface area contributed by atoms with E-state index in [1.165, 1.54) is 0 Å². The van der Waals surface area contributed by atoms with Crippen molar-refractivity contribution in [2.24, 2.45) is 0 Å². The number of para-hydroxylation sites is 1. The molecule has 1 amide bonds. The van der Waals surface area contributed by atoms with E-state index >= 15 is 0 Å². The molecule has 1 aromatic rings. The molecule has 0 radical (unpaired) electrons. The molecule has 4 nitrogen and oxygen atoms in total. The Labute approximate surface area is 102 Å². The van der Waals surface area contributed by atoms with E-state index in [1.54, 1.807) is 12.1 Å². The van der Waals surface area contributed by atoms with E-state index in [-0.39, 0.29) is 12.5 Å². The minimum Gasteiger partial charge on any atom is -0.392 e. The van der Waals surface area contributed by atoms with Crippen molar-refractivity contribution in [1.82, 2.24) is 5.32 Å². The van der Waals surface area contributed by atoms with E-state index in [4.69, 9.17) is 0 Å². The van der Waals surface area contributed by atoms with Crippen LogP contribution in [0.5, 0.6) is 0 Å². The molecule has 0 bridgehead atoms. The molecular weight excluding hydrogens is 216 g/mol. The number of anilines is 1. The van der Waals surface area contributed by atoms with Gasteiger partial charge in [-0.1, -0.05) is 25.1 Å². The summed E-state index contributed by atoms with van der Waals surface area (Å²) >= 11 is 0. The van der Waals surface area contributed by atoms with Crippen LogP contribution in [0.15, 0.2) is 24.3 Å². The van der Waals surface area contributed by atoms with Crippen LogP contribution in [0.1, 0.15) is 26.3 Å². The fraction of sp³-hybridized carbons (Fsp3) is 0.462. The molecule has 1 aromatic carbocycles. The largest absolute Gasteiger partial charge is 0.392 e. The number of aliphatic hydroxyl groups excluding tert-OH is 1. The highest BCUT2D eigenvalue weighted by Crippen LogP contribution is 2.16. The predicted octanol–water partition coefficient (Wildman–Crippen LogP) is 1.51. The maximum absolute atomic E-state index is 12.0. The van der Waals surface area contributed by atoms with Crippen LogP contribution in [0.2, 0.25) is 0 Å². The summed E-state index contributed by atoms with van der Waals surface area (Å²) < 4.78 is 0. The summed E-state index contributed by atoms with van der Waals surface area (Å²) in [4.78, 5) is 12.0. The molecule has 0 atom stereocenters. The molecule has 0 fully saturated rings. The van der Waals surface area contributed by atoms with Gasteiger partial charge in [0.05, 0.1) is 12.1 Å². The Balaban J connectivity index is 2.80. The molecular formula is C13H20N2O2. The zero-order valence-electron chi connectivity index (χ0n) is 10.6. The molecule has 0 saturated carbocycles. The summed E-state index contributed by atoms with van der Waals surface area (Å²) in [5.74, 6) is -0.111. The molecule has 0 unspecified atom stereocenters. The van der Waals surface area contributed by atoms with Crippen molar-refractivity contribution in [3.63, 3.8) is 0 Å². The first-order chi connectivity index (χ1) is 8.01. The maximum atomic E-state index is 12.0. The molecule has 3 N–H and O–H groups in total. The highest BCUT2D eigenvalue weighted by Gasteiger charge is 2.26. The molecule has 0 saturated heterocycles. The van der Waals surface area contributed by atoms with Gasteiger partial charge in [0.15, 0.2) is 0 Å². The normalized spacial score (nSPS) is 11.3. The van der Waals surface area contributed by atoms with Crippen molar-refractivity contribution in [2.75, 3.05) is 11.9 Å². The number of likely N-dealkylation sites (N-methyl/N-ethyl adjacent to an activating group) is 1. The smallest absolute Gasteiger partial charge is 0.244 e. The van der Waals surface area contributed by atoms with Gasteiger partial charge in [0.1, 0.15) is 0 Å². The van der Waals surface area contributed by atoms with Crippen molar-refractivity contribution in [1.29, 1.82) is 0 Å². The standard InChI is InChI=1S/C13H20N2O2/c1-4-14-13(2,3)12(17)15-11-8-6-5-7-10(11)9-16/h5-8,14,16H,4,9H2,1-3H3,(H,15,17). The number of nitrogens with one attached hydrogen (secondary N) is 2. The van der Waals surface area contributed by atoms with E-state index < -0.39 is 5.54 Å². The minimum atomic E-state index is -0.628. The zero-order chi connectivity index (χ0) is 12.9. The van der Waals surface area contributed by atoms with Crippen molar-refractivity contribution < 1.29 is 9.90 Å². The first kappa shape index (κ1) is 13.7. The van der Waals surface area contributed by atoms with Gasteiger partial charge < -0.3 is 15.7 Å². The molecule has 0 aromatic heterocycles. The molecule has 4 heteroatoms. The number of hydrogen-bond acceptors (Lipinski definition) is 3. The second-order valence-electron chi connectivity index (χ2n) is 4.42. The van der Waals surface area contributed by atoms with Crippen LogP contribution in [0.3, 0.4) is 0 Å². The molecule has 0 aliphatic carbocycles. The summed E-state index contributed by atoms with van der Waals surface area (Å²) in [5, 5.41) is 15.1. The summed E-state index contributed by atoms with van der Waals surface area (Å²) in [6, 6.07) is 7.23. The van der Waals surface area contributed by atoms with Crippen LogP contribution in [-0.4, -0.2) is 23.1 Å². The lowest BCUT2D eigenvalue weighted by atomic mass is 10.0. The second kappa shape index (κ2) is 5.80. The van der Waals surface area contributed by atoms with Crippen LogP contribution in [0, 0.1) is 0 Å². The fourth-order valence-corrected chi connectivity index (χ4v) is 1.58. The van der Waals surface area contributed by atoms with Gasteiger partial charge in [-0.2, -0.15) is 0 Å². The second-order valence-corrected chi connectivity index (χ2v) is 4.42. The van der Waals surface area contributed by atoms with Crippen molar-refractivity contribution >= 4 is 11.6 Å². The van der Waals surface area contributed by atoms with E-state index in [9.17, 15) is 9.90 Å². The SMILES string of the molecule is CCNC(C)(C)C(=O)Nc1ccccc1CO. The highest BCUT2D eigenvalue weighted by molar-refractivity contribution is 5.98. The Morgan fingerprint density at radius 2 is 2.00 bits per heavy atom. The zero-order valence-corrected chi connectivity index (χ0v) is 10.6. The molecule has 1 rings (SSSR count). The van der Waals surface area contributed by atoms with Crippen LogP contribution in [0.4, 0.5) is 5.69 Å². The number of hydrogen-bond donors (Lipinski definition) is 3. The predicted molar refractivity (Wildman–Crippen MR) is 68.8 cm³/mol. The lowest BCUT2D eigenvalue weighted by Gasteiger charge is -2.25. The fourth-order valence-electron chi connectivity index (χ4n) is 1.58. The Kier molecular flexibility index (Phi) is 4.66. The first-order valence-electron chi connectivity index (χ1n) is 5.76. The molecule has 0 spiro atoms. The summed E-state index contributed by atoms with van der Waals surface area (Å²) in [6.07, 6.45) is 0. The monoisotopic (exact) mass is 236 g/mol. The number of amides is 1. The number of carbonyl (C=O) groups is 1. The van der Waals surface area contributed by atoms with Crippen LogP contribution < -0.4 is 10.6 Å². The van der Waals surface area contributed by atoms with Crippen LogP contribution in [0.25, 0.3) is 0 Å². The number of carbonyl (C=O) groups excluding carboxylic acids is 1. The Bertz CT molecular complexity index is 389. The van der Waals surface area contributed by atoms with Gasteiger partial charge >= 0.3 is 0 Å². The van der Waals surface area contributed by atoms with Gasteiger partial charge in [-0.3, -0.25) is 4.79 Å². The van der Waals surface area contributed by atoms with Crippen molar-refractivity contribution in [3.8, 4) is 0 Å². The third-order valence-electron chi connectivity index (χ3n) is 2.62. The highest BCUT2D eigenvalue weighted by atomic mass is 16.3. The molecule has 0 aliphatic rings. The average molecular weight is 236 g/mol. The summed E-state index contributed by atoms with van der Waals surface area (Å²) in [7, 11) is 0. The lowest BCUT2D eigenvalue weighted by molar-refractivity contribution is -0.121. The van der Waals surface area contributed by atoms with E-state index in [0.717, 1.165) is 6.54 Å². The summed E-state index contributed by atoms with van der Waals surface area (Å²) in [5.41, 5.74) is 0.747. The third kappa shape index (κ3) is 3.54. The molecule has 94 valence electrons. The van der Waals surface area contributed by atoms with Crippen molar-refractivity contribution in [2.45, 2.75) is 32.9 Å². The van der Waals surface area contributed by atoms with Crippen LogP contribution in [-0.2, 0) is 11.4 Å². The Morgan fingerprint density at radius 1 is 1.35 bits per heavy atom. The number of rotatable bonds is 5. The number of aliphatic hydroxyl groups is 1. The van der Waals surface area contributed by atoms with Gasteiger partial charge in [-0.05, 0) is 26.5 Å². The Hall–Kier alpha value is -1.39. The molecule has 0 aliphatic heterocycles. The topological polar surface area (TPSA) is 61.4 Å². The van der Waals surface area contributed by atoms with Gasteiger partial charge in [-0.25, -0.2) is 0 Å². The van der Waals surface area contributed by atoms with Crippen LogP contribution >= 0.6 is 0 Å². The quantitative estimate of drug-likeness (QED) is 0.726. The third-order valence-corrected chi connectivity index (χ3v) is 2.62. The number of benzene rings is 1. The van der Waals surface area contributed by atoms with Crippen molar-refractivity contribution in [3.05, 3.63) is 29.8 Å². The lowest BCUT2D eigenvalue weighted by Crippen LogP contribution is -2.49. The van der Waals surface area contributed by atoms with E-state index in [2.05, 4.69) is 10.6 Å². The maximum Gasteiger partial charge on any atom is 0.244 e. The summed E-state index contributed by atoms with van der Waals surface area (Å²) in [6.45, 7) is 6.25. The molecule has 17 heavy (non-hydrogen) atoms. The molecule has 0 heterocycles. The minimum absolute atomic E-state index is 0.0852. The Morgan fingerprint density at radius 3 is 2.59 bits per heavy atom. The van der Waals surface area contributed by atoms with Gasteiger partial charge in [0.25, 0.3) is 0 Å². The van der Waals surface area contributed by atoms with Gasteiger partial charge in [0, 0.05) is 11.3 Å². The first-order valence-corrected chi connectivity index (χ1v) is 5.76. The van der Waals surface area contributed by atoms with Gasteiger partial charge in [-0.15, -0.1) is 0 Å². The van der Waals surface area contributed by atoms with Gasteiger partial charge in [0.2, 0.25) is 5.91 Å².